The van der Waals surface area contributed by atoms with Crippen molar-refractivity contribution in [3.63, 3.8) is 0 Å². The molecule has 2 aromatic rings. The summed E-state index contributed by atoms with van der Waals surface area (Å²) in [5, 5.41) is 20.6. The van der Waals surface area contributed by atoms with E-state index in [1.165, 1.54) is 16.4 Å². The van der Waals surface area contributed by atoms with Gasteiger partial charge in [0.05, 0.1) is 27.0 Å². The Morgan fingerprint density at radius 2 is 1.65 bits per heavy atom. The number of rotatable bonds is 10. The molecule has 0 aliphatic heterocycles. The molecule has 0 aliphatic rings. The molecular weight excluding hydrogens is 450 g/mol. The van der Waals surface area contributed by atoms with Crippen LogP contribution in [0.4, 0.5) is 11.4 Å². The highest BCUT2D eigenvalue weighted by Gasteiger charge is 2.26. The zero-order valence-electron chi connectivity index (χ0n) is 17.1. The Morgan fingerprint density at radius 3 is 2.19 bits per heavy atom. The third kappa shape index (κ3) is 5.24. The second-order valence-electron chi connectivity index (χ2n) is 6.19. The third-order valence-electron chi connectivity index (χ3n) is 4.29. The van der Waals surface area contributed by atoms with Crippen molar-refractivity contribution in [1.29, 1.82) is 0 Å². The molecule has 0 fully saturated rings. The van der Waals surface area contributed by atoms with Crippen LogP contribution in [0.15, 0.2) is 46.2 Å². The predicted molar refractivity (Wildman–Crippen MR) is 113 cm³/mol. The lowest BCUT2D eigenvalue weighted by molar-refractivity contribution is -0.386. The fourth-order valence-corrected chi connectivity index (χ4v) is 5.33. The van der Waals surface area contributed by atoms with Crippen molar-refractivity contribution in [1.82, 2.24) is 4.31 Å². The van der Waals surface area contributed by atoms with E-state index in [1.807, 2.05) is 0 Å². The molecule has 13 heteroatoms. The third-order valence-corrected chi connectivity index (χ3v) is 7.70. The number of nitrogens with one attached hydrogen (secondary N) is 1. The first-order valence-corrected chi connectivity index (χ1v) is 12.2. The fourth-order valence-electron chi connectivity index (χ4n) is 2.76. The van der Waals surface area contributed by atoms with Crippen LogP contribution >= 0.6 is 0 Å². The van der Waals surface area contributed by atoms with Gasteiger partial charge in [-0.1, -0.05) is 13.8 Å². The van der Waals surface area contributed by atoms with Crippen molar-refractivity contribution < 1.29 is 31.6 Å². The van der Waals surface area contributed by atoms with E-state index in [9.17, 15) is 32.1 Å². The number of ether oxygens (including phenoxy) is 1. The maximum atomic E-state index is 12.8. The number of anilines is 1. The molecule has 0 aromatic heterocycles. The maximum Gasteiger partial charge on any atom is 0.312 e. The minimum atomic E-state index is -4.37. The van der Waals surface area contributed by atoms with Crippen LogP contribution in [0.3, 0.4) is 0 Å². The monoisotopic (exact) mass is 473 g/mol. The summed E-state index contributed by atoms with van der Waals surface area (Å²) in [4.78, 5) is 9.46. The lowest BCUT2D eigenvalue weighted by atomic mass is 10.3. The highest BCUT2D eigenvalue weighted by Crippen LogP contribution is 2.33. The van der Waals surface area contributed by atoms with Crippen molar-refractivity contribution >= 4 is 31.4 Å². The van der Waals surface area contributed by atoms with E-state index in [-0.39, 0.29) is 36.0 Å². The largest absolute Gasteiger partial charge is 0.502 e. The normalized spacial score (nSPS) is 12.0. The van der Waals surface area contributed by atoms with E-state index in [2.05, 4.69) is 4.72 Å². The number of phenolic OH excluding ortho intramolecular Hbond substituents is 1. The first kappa shape index (κ1) is 24.4. The number of sulfonamides is 2. The Morgan fingerprint density at radius 1 is 1.03 bits per heavy atom. The van der Waals surface area contributed by atoms with Crippen LogP contribution in [-0.4, -0.2) is 50.9 Å². The molecule has 2 aromatic carbocycles. The standard InChI is InChI=1S/C18H23N3O8S2/c1-4-20(5-2)31(27,28)14-8-10-18(29-6-3)15(11-14)19-30(25,26)13-7-9-17(22)16(12-13)21(23)24/h7-12,19,22H,4-6H2,1-3H3. The van der Waals surface area contributed by atoms with Gasteiger partial charge in [-0.05, 0) is 37.3 Å². The fraction of sp³-hybridized carbons (Fsp3) is 0.333. The first-order chi connectivity index (χ1) is 14.5. The Hall–Kier alpha value is -2.90. The highest BCUT2D eigenvalue weighted by atomic mass is 32.2. The molecule has 0 aliphatic carbocycles. The predicted octanol–water partition coefficient (Wildman–Crippen LogP) is 2.53. The summed E-state index contributed by atoms with van der Waals surface area (Å²) in [6.45, 7) is 5.66. The topological polar surface area (TPSA) is 156 Å². The molecule has 0 spiro atoms. The molecule has 0 unspecified atom stereocenters. The van der Waals surface area contributed by atoms with Crippen LogP contribution < -0.4 is 9.46 Å². The van der Waals surface area contributed by atoms with Crippen LogP contribution in [0.5, 0.6) is 11.5 Å². The summed E-state index contributed by atoms with van der Waals surface area (Å²) in [6.07, 6.45) is 0. The van der Waals surface area contributed by atoms with E-state index in [0.29, 0.717) is 6.07 Å². The summed E-state index contributed by atoms with van der Waals surface area (Å²) in [6, 6.07) is 6.34. The first-order valence-electron chi connectivity index (χ1n) is 9.25. The van der Waals surface area contributed by atoms with Crippen LogP contribution in [0.25, 0.3) is 0 Å². The van der Waals surface area contributed by atoms with Crippen molar-refractivity contribution in [2.75, 3.05) is 24.4 Å². The molecule has 0 saturated carbocycles. The second-order valence-corrected chi connectivity index (χ2v) is 9.81. The molecule has 0 saturated heterocycles. The molecule has 31 heavy (non-hydrogen) atoms. The van der Waals surface area contributed by atoms with Crippen LogP contribution in [-0.2, 0) is 20.0 Å². The number of hydrogen-bond donors (Lipinski definition) is 2. The molecule has 0 heterocycles. The summed E-state index contributed by atoms with van der Waals surface area (Å²) < 4.78 is 60.1. The number of nitro benzene ring substituents is 1. The van der Waals surface area contributed by atoms with Crippen molar-refractivity contribution in [3.8, 4) is 11.5 Å². The Labute approximate surface area is 180 Å². The van der Waals surface area contributed by atoms with Gasteiger partial charge in [0, 0.05) is 19.2 Å². The Balaban J connectivity index is 2.56. The summed E-state index contributed by atoms with van der Waals surface area (Å²) in [7, 11) is -8.25. The molecule has 2 N–H and O–H groups in total. The van der Waals surface area contributed by atoms with E-state index in [1.54, 1.807) is 20.8 Å². The van der Waals surface area contributed by atoms with Crippen molar-refractivity contribution in [3.05, 3.63) is 46.5 Å². The zero-order chi connectivity index (χ0) is 23.4. The van der Waals surface area contributed by atoms with E-state index in [0.717, 1.165) is 18.2 Å². The Bertz CT molecular complexity index is 1180. The SMILES string of the molecule is CCOc1ccc(S(=O)(=O)N(CC)CC)cc1NS(=O)(=O)c1ccc(O)c([N+](=O)[O-])c1. The number of aromatic hydroxyl groups is 1. The van der Waals surface area contributed by atoms with Gasteiger partial charge in [0.2, 0.25) is 10.0 Å². The molecule has 170 valence electrons. The van der Waals surface area contributed by atoms with Gasteiger partial charge in [-0.15, -0.1) is 0 Å². The lowest BCUT2D eigenvalue weighted by Gasteiger charge is -2.20. The number of nitro groups is 1. The van der Waals surface area contributed by atoms with Gasteiger partial charge >= 0.3 is 5.69 Å². The quantitative estimate of drug-likeness (QED) is 0.394. The van der Waals surface area contributed by atoms with Crippen molar-refractivity contribution in [2.24, 2.45) is 0 Å². The highest BCUT2D eigenvalue weighted by molar-refractivity contribution is 7.92. The molecule has 0 atom stereocenters. The number of benzene rings is 2. The lowest BCUT2D eigenvalue weighted by Crippen LogP contribution is -2.30. The average Bonchev–Trinajstić information content (AvgIpc) is 2.69. The zero-order valence-corrected chi connectivity index (χ0v) is 18.7. The van der Waals surface area contributed by atoms with Gasteiger partial charge in [-0.3, -0.25) is 14.8 Å². The molecule has 0 amide bonds. The molecule has 0 bridgehead atoms. The number of phenols is 1. The van der Waals surface area contributed by atoms with Crippen LogP contribution in [0.1, 0.15) is 20.8 Å². The molecule has 2 rings (SSSR count). The molecular formula is C18H23N3O8S2. The minimum absolute atomic E-state index is 0.0813. The van der Waals surface area contributed by atoms with Crippen molar-refractivity contribution in [2.45, 2.75) is 30.6 Å². The van der Waals surface area contributed by atoms with E-state index < -0.39 is 41.3 Å². The smallest absolute Gasteiger partial charge is 0.312 e. The van der Waals surface area contributed by atoms with Gasteiger partial charge < -0.3 is 9.84 Å². The summed E-state index contributed by atoms with van der Waals surface area (Å²) in [5.41, 5.74) is -0.934. The molecule has 0 radical (unpaired) electrons. The van der Waals surface area contributed by atoms with Gasteiger partial charge in [-0.2, -0.15) is 4.31 Å². The number of nitrogens with zero attached hydrogens (tertiary/aromatic N) is 2. The van der Waals surface area contributed by atoms with Gasteiger partial charge in [0.25, 0.3) is 10.0 Å². The minimum Gasteiger partial charge on any atom is -0.502 e. The van der Waals surface area contributed by atoms with Crippen LogP contribution in [0, 0.1) is 10.1 Å². The number of hydrogen-bond acceptors (Lipinski definition) is 8. The van der Waals surface area contributed by atoms with Gasteiger partial charge in [0.1, 0.15) is 5.75 Å². The van der Waals surface area contributed by atoms with Gasteiger partial charge in [0.15, 0.2) is 5.75 Å². The Kier molecular flexibility index (Phi) is 7.46. The van der Waals surface area contributed by atoms with E-state index >= 15 is 0 Å². The van der Waals surface area contributed by atoms with Crippen LogP contribution in [0.2, 0.25) is 0 Å². The maximum absolute atomic E-state index is 12.8. The molecule has 11 nitrogen and oxygen atoms in total. The average molecular weight is 474 g/mol. The van der Waals surface area contributed by atoms with E-state index in [4.69, 9.17) is 4.74 Å². The van der Waals surface area contributed by atoms with Gasteiger partial charge in [-0.25, -0.2) is 16.8 Å². The summed E-state index contributed by atoms with van der Waals surface area (Å²) in [5.74, 6) is -0.607. The summed E-state index contributed by atoms with van der Waals surface area (Å²) >= 11 is 0. The second kappa shape index (κ2) is 9.49.